The van der Waals surface area contributed by atoms with Gasteiger partial charge >= 0.3 is 5.97 Å². The highest BCUT2D eigenvalue weighted by Crippen LogP contribution is 2.11. The summed E-state index contributed by atoms with van der Waals surface area (Å²) in [5, 5.41) is 9.47. The van der Waals surface area contributed by atoms with Crippen molar-refractivity contribution in [3.8, 4) is 0 Å². The SMILES string of the molecule is CCCCCC/C=C\C/C=C\CCCCCCCCOCC(CO)OC(=O)CCCCCCCCCC. The molecule has 0 bridgehead atoms. The zero-order chi connectivity index (χ0) is 27.1. The van der Waals surface area contributed by atoms with Crippen LogP contribution in [0.3, 0.4) is 0 Å². The summed E-state index contributed by atoms with van der Waals surface area (Å²) >= 11 is 0. The van der Waals surface area contributed by atoms with Crippen molar-refractivity contribution in [1.29, 1.82) is 0 Å². The van der Waals surface area contributed by atoms with Gasteiger partial charge in [-0.15, -0.1) is 0 Å². The number of aliphatic hydroxyl groups is 1. The van der Waals surface area contributed by atoms with Crippen LogP contribution in [-0.2, 0) is 14.3 Å². The van der Waals surface area contributed by atoms with Gasteiger partial charge in [-0.3, -0.25) is 4.79 Å². The summed E-state index contributed by atoms with van der Waals surface area (Å²) in [5.74, 6) is -0.210. The summed E-state index contributed by atoms with van der Waals surface area (Å²) < 4.78 is 11.0. The first kappa shape index (κ1) is 35.9. The van der Waals surface area contributed by atoms with Crippen LogP contribution in [0.25, 0.3) is 0 Å². The van der Waals surface area contributed by atoms with Gasteiger partial charge in [0.15, 0.2) is 0 Å². The van der Waals surface area contributed by atoms with E-state index < -0.39 is 6.10 Å². The molecule has 0 aromatic carbocycles. The van der Waals surface area contributed by atoms with Gasteiger partial charge in [-0.25, -0.2) is 0 Å². The fourth-order valence-electron chi connectivity index (χ4n) is 4.36. The highest BCUT2D eigenvalue weighted by Gasteiger charge is 2.13. The normalized spacial score (nSPS) is 12.6. The first-order chi connectivity index (χ1) is 18.2. The van der Waals surface area contributed by atoms with E-state index in [9.17, 15) is 9.90 Å². The fraction of sp³-hybridized carbons (Fsp3) is 0.848. The number of unbranched alkanes of at least 4 members (excludes halogenated alkanes) is 17. The van der Waals surface area contributed by atoms with Crippen molar-refractivity contribution in [3.05, 3.63) is 24.3 Å². The summed E-state index contributed by atoms with van der Waals surface area (Å²) in [7, 11) is 0. The molecule has 1 N–H and O–H groups in total. The van der Waals surface area contributed by atoms with Gasteiger partial charge in [-0.1, -0.05) is 128 Å². The van der Waals surface area contributed by atoms with Crippen LogP contribution in [0.15, 0.2) is 24.3 Å². The van der Waals surface area contributed by atoms with E-state index in [1.54, 1.807) is 0 Å². The molecule has 0 saturated carbocycles. The number of esters is 1. The van der Waals surface area contributed by atoms with Crippen molar-refractivity contribution in [3.63, 3.8) is 0 Å². The molecule has 0 radical (unpaired) electrons. The maximum absolute atomic E-state index is 12.0. The molecule has 0 amide bonds. The maximum Gasteiger partial charge on any atom is 0.306 e. The molecule has 0 fully saturated rings. The molecule has 0 saturated heterocycles. The zero-order valence-electron chi connectivity index (χ0n) is 24.7. The van der Waals surface area contributed by atoms with Crippen LogP contribution in [0, 0.1) is 0 Å². The molecule has 4 nitrogen and oxygen atoms in total. The number of hydrogen-bond donors (Lipinski definition) is 1. The van der Waals surface area contributed by atoms with Crippen molar-refractivity contribution >= 4 is 5.97 Å². The monoisotopic (exact) mass is 522 g/mol. The number of rotatable bonds is 29. The second-order valence-electron chi connectivity index (χ2n) is 10.5. The van der Waals surface area contributed by atoms with Crippen molar-refractivity contribution in [2.75, 3.05) is 19.8 Å². The van der Waals surface area contributed by atoms with Gasteiger partial charge in [-0.2, -0.15) is 0 Å². The highest BCUT2D eigenvalue weighted by atomic mass is 16.6. The lowest BCUT2D eigenvalue weighted by Crippen LogP contribution is -2.27. The smallest absolute Gasteiger partial charge is 0.306 e. The standard InChI is InChI=1S/C33H62O4/c1-3-5-7-9-11-13-14-15-16-17-18-19-20-21-23-25-27-29-36-31-32(30-34)37-33(35)28-26-24-22-12-10-8-6-4-2/h13-14,16-17,32,34H,3-12,15,18-31H2,1-2H3/b14-13-,17-16-. The molecule has 0 aromatic rings. The van der Waals surface area contributed by atoms with E-state index in [4.69, 9.17) is 9.47 Å². The minimum absolute atomic E-state index is 0.174. The van der Waals surface area contributed by atoms with Crippen LogP contribution < -0.4 is 0 Å². The third-order valence-electron chi connectivity index (χ3n) is 6.78. The summed E-state index contributed by atoms with van der Waals surface area (Å²) in [6.07, 6.45) is 34.9. The van der Waals surface area contributed by atoms with Gasteiger partial charge in [0.05, 0.1) is 13.2 Å². The van der Waals surface area contributed by atoms with Gasteiger partial charge in [0.1, 0.15) is 6.10 Å². The number of hydrogen-bond acceptors (Lipinski definition) is 4. The van der Waals surface area contributed by atoms with E-state index in [1.807, 2.05) is 0 Å². The number of ether oxygens (including phenoxy) is 2. The Hall–Kier alpha value is -1.13. The predicted octanol–water partition coefficient (Wildman–Crippen LogP) is 9.64. The van der Waals surface area contributed by atoms with E-state index in [0.717, 1.165) is 25.7 Å². The molecule has 218 valence electrons. The van der Waals surface area contributed by atoms with Crippen LogP contribution in [0.1, 0.15) is 155 Å². The van der Waals surface area contributed by atoms with Crippen LogP contribution in [0.5, 0.6) is 0 Å². The van der Waals surface area contributed by atoms with Crippen LogP contribution in [0.4, 0.5) is 0 Å². The van der Waals surface area contributed by atoms with Gasteiger partial charge < -0.3 is 14.6 Å². The second-order valence-corrected chi connectivity index (χ2v) is 10.5. The minimum atomic E-state index is -0.532. The molecular formula is C33H62O4. The van der Waals surface area contributed by atoms with Gasteiger partial charge in [0.25, 0.3) is 0 Å². The predicted molar refractivity (Wildman–Crippen MR) is 159 cm³/mol. The molecule has 0 spiro atoms. The Balaban J connectivity index is 3.45. The molecule has 37 heavy (non-hydrogen) atoms. The Labute approximate surface area is 230 Å². The molecular weight excluding hydrogens is 460 g/mol. The summed E-state index contributed by atoms with van der Waals surface area (Å²) in [5.41, 5.74) is 0. The second kappa shape index (κ2) is 31.1. The van der Waals surface area contributed by atoms with E-state index in [-0.39, 0.29) is 12.6 Å². The van der Waals surface area contributed by atoms with Crippen molar-refractivity contribution < 1.29 is 19.4 Å². The first-order valence-corrected chi connectivity index (χ1v) is 15.9. The van der Waals surface area contributed by atoms with E-state index in [1.165, 1.54) is 109 Å². The molecule has 1 atom stereocenters. The maximum atomic E-state index is 12.0. The molecule has 4 heteroatoms. The average molecular weight is 523 g/mol. The van der Waals surface area contributed by atoms with Crippen molar-refractivity contribution in [2.24, 2.45) is 0 Å². The molecule has 0 aliphatic carbocycles. The number of carbonyl (C=O) groups excluding carboxylic acids is 1. The van der Waals surface area contributed by atoms with E-state index in [2.05, 4.69) is 38.2 Å². The molecule has 1 unspecified atom stereocenters. The average Bonchev–Trinajstić information content (AvgIpc) is 2.90. The topological polar surface area (TPSA) is 55.8 Å². The lowest BCUT2D eigenvalue weighted by molar-refractivity contribution is -0.154. The fourth-order valence-corrected chi connectivity index (χ4v) is 4.36. The van der Waals surface area contributed by atoms with Gasteiger partial charge in [0, 0.05) is 13.0 Å². The molecule has 0 aliphatic rings. The summed E-state index contributed by atoms with van der Waals surface area (Å²) in [6.45, 7) is 5.27. The Morgan fingerprint density at radius 2 is 1.14 bits per heavy atom. The third-order valence-corrected chi connectivity index (χ3v) is 6.78. The molecule has 0 rings (SSSR count). The minimum Gasteiger partial charge on any atom is -0.457 e. The summed E-state index contributed by atoms with van der Waals surface area (Å²) in [4.78, 5) is 12.0. The first-order valence-electron chi connectivity index (χ1n) is 15.9. The lowest BCUT2D eigenvalue weighted by Gasteiger charge is -2.15. The van der Waals surface area contributed by atoms with Crippen molar-refractivity contribution in [1.82, 2.24) is 0 Å². The summed E-state index contributed by atoms with van der Waals surface area (Å²) in [6, 6.07) is 0. The van der Waals surface area contributed by atoms with Crippen LogP contribution in [0.2, 0.25) is 0 Å². The van der Waals surface area contributed by atoms with Crippen LogP contribution in [-0.4, -0.2) is 37.0 Å². The quantitative estimate of drug-likeness (QED) is 0.0603. The Bertz CT molecular complexity index is 514. The molecule has 0 aromatic heterocycles. The Kier molecular flexibility index (Phi) is 30.1. The Morgan fingerprint density at radius 3 is 1.70 bits per heavy atom. The number of aliphatic hydroxyl groups excluding tert-OH is 1. The van der Waals surface area contributed by atoms with E-state index >= 15 is 0 Å². The lowest BCUT2D eigenvalue weighted by atomic mass is 10.1. The number of carbonyl (C=O) groups is 1. The third kappa shape index (κ3) is 29.3. The Morgan fingerprint density at radius 1 is 0.649 bits per heavy atom. The van der Waals surface area contributed by atoms with Crippen LogP contribution >= 0.6 is 0 Å². The highest BCUT2D eigenvalue weighted by molar-refractivity contribution is 5.69. The van der Waals surface area contributed by atoms with E-state index in [0.29, 0.717) is 19.6 Å². The van der Waals surface area contributed by atoms with Crippen molar-refractivity contribution in [2.45, 2.75) is 161 Å². The largest absolute Gasteiger partial charge is 0.457 e. The molecule has 0 heterocycles. The molecule has 0 aliphatic heterocycles. The number of allylic oxidation sites excluding steroid dienone is 4. The van der Waals surface area contributed by atoms with Gasteiger partial charge in [0.2, 0.25) is 0 Å². The van der Waals surface area contributed by atoms with Gasteiger partial charge in [-0.05, 0) is 44.9 Å². The zero-order valence-corrected chi connectivity index (χ0v) is 24.7.